The van der Waals surface area contributed by atoms with Gasteiger partial charge in [-0.05, 0) is 70.1 Å². The predicted octanol–water partition coefficient (Wildman–Crippen LogP) is 5.87. The van der Waals surface area contributed by atoms with Gasteiger partial charge in [0.05, 0.1) is 37.7 Å². The van der Waals surface area contributed by atoms with Crippen LogP contribution in [0.3, 0.4) is 0 Å². The second-order valence-corrected chi connectivity index (χ2v) is 12.9. The first-order chi connectivity index (χ1) is 19.6. The smallest absolute Gasteiger partial charge is 0.290 e. The fourth-order valence-corrected chi connectivity index (χ4v) is 6.90. The molecule has 41 heavy (non-hydrogen) atoms. The van der Waals surface area contributed by atoms with E-state index in [1.807, 2.05) is 42.5 Å². The van der Waals surface area contributed by atoms with Crippen molar-refractivity contribution in [1.82, 2.24) is 10.0 Å². The minimum absolute atomic E-state index is 0.0417. The molecule has 8 nitrogen and oxygen atoms in total. The number of amides is 3. The largest absolute Gasteiger partial charge is 0.303 e. The monoisotopic (exact) mass is 623 g/mol. The number of sulfonamides is 1. The highest BCUT2D eigenvalue weighted by atomic mass is 35.5. The number of carbonyl (C=O) groups is 3. The minimum atomic E-state index is -4.02. The molecule has 3 amide bonds. The molecule has 206 valence electrons. The third-order valence-corrected chi connectivity index (χ3v) is 9.77. The van der Waals surface area contributed by atoms with Crippen LogP contribution in [0.2, 0.25) is 10.0 Å². The Morgan fingerprint density at radius 2 is 1.59 bits per heavy atom. The summed E-state index contributed by atoms with van der Waals surface area (Å²) in [7, 11) is -4.02. The zero-order valence-corrected chi connectivity index (χ0v) is 24.1. The summed E-state index contributed by atoms with van der Waals surface area (Å²) in [5.74, 6) is -1.26. The number of imide groups is 1. The molecule has 2 N–H and O–H groups in total. The zero-order chi connectivity index (χ0) is 28.9. The first-order valence-electron chi connectivity index (χ1n) is 12.3. The Morgan fingerprint density at radius 1 is 0.829 bits per heavy atom. The van der Waals surface area contributed by atoms with Gasteiger partial charge in [-0.1, -0.05) is 65.7 Å². The van der Waals surface area contributed by atoms with Gasteiger partial charge in [0.1, 0.15) is 0 Å². The highest BCUT2D eigenvalue weighted by Gasteiger charge is 2.40. The van der Waals surface area contributed by atoms with Gasteiger partial charge >= 0.3 is 0 Å². The normalized spacial score (nSPS) is 16.9. The molecule has 2 heterocycles. The van der Waals surface area contributed by atoms with E-state index in [9.17, 15) is 22.8 Å². The Kier molecular flexibility index (Phi) is 7.13. The predicted molar refractivity (Wildman–Crippen MR) is 160 cm³/mol. The van der Waals surface area contributed by atoms with Crippen LogP contribution in [0.1, 0.15) is 16.7 Å². The van der Waals surface area contributed by atoms with E-state index >= 15 is 0 Å². The van der Waals surface area contributed by atoms with E-state index in [1.54, 1.807) is 18.2 Å². The van der Waals surface area contributed by atoms with Crippen molar-refractivity contribution in [2.24, 2.45) is 0 Å². The SMILES string of the molecule is O=C1NC(=O)C(=C2C(=O)N(Cc3ccc(Cl)c(Cl)c3)c3ccc(S(=O)(=O)NCc4ccc5ccccc5c4)cc32)S1. The fourth-order valence-electron chi connectivity index (χ4n) is 4.76. The molecule has 6 rings (SSSR count). The van der Waals surface area contributed by atoms with Gasteiger partial charge in [0.15, 0.2) is 0 Å². The Bertz CT molecular complexity index is 1940. The topological polar surface area (TPSA) is 113 Å². The van der Waals surface area contributed by atoms with Crippen molar-refractivity contribution >= 4 is 84.1 Å². The average molecular weight is 625 g/mol. The Hall–Kier alpha value is -3.67. The highest BCUT2D eigenvalue weighted by Crippen LogP contribution is 2.44. The van der Waals surface area contributed by atoms with E-state index in [0.29, 0.717) is 33.1 Å². The number of anilines is 1. The van der Waals surface area contributed by atoms with E-state index in [4.69, 9.17) is 23.2 Å². The van der Waals surface area contributed by atoms with Crippen LogP contribution in [-0.4, -0.2) is 25.5 Å². The summed E-state index contributed by atoms with van der Waals surface area (Å²) >= 11 is 12.8. The van der Waals surface area contributed by atoms with Crippen molar-refractivity contribution in [3.8, 4) is 0 Å². The first-order valence-corrected chi connectivity index (χ1v) is 15.3. The fraction of sp³-hybridized carbons (Fsp3) is 0.0690. The Balaban J connectivity index is 1.36. The van der Waals surface area contributed by atoms with Crippen molar-refractivity contribution in [2.45, 2.75) is 18.0 Å². The van der Waals surface area contributed by atoms with Gasteiger partial charge in [-0.15, -0.1) is 0 Å². The lowest BCUT2D eigenvalue weighted by molar-refractivity contribution is -0.116. The third-order valence-electron chi connectivity index (χ3n) is 6.75. The zero-order valence-electron chi connectivity index (χ0n) is 21.0. The molecule has 0 atom stereocenters. The number of thioether (sulfide) groups is 1. The van der Waals surface area contributed by atoms with Crippen LogP contribution in [0, 0.1) is 0 Å². The highest BCUT2D eigenvalue weighted by molar-refractivity contribution is 8.18. The molecular weight excluding hydrogens is 605 g/mol. The van der Waals surface area contributed by atoms with E-state index in [1.165, 1.54) is 23.1 Å². The molecule has 4 aromatic carbocycles. The van der Waals surface area contributed by atoms with Crippen molar-refractivity contribution in [2.75, 3.05) is 4.90 Å². The molecule has 12 heteroatoms. The van der Waals surface area contributed by atoms with Gasteiger partial charge in [-0.25, -0.2) is 13.1 Å². The molecule has 1 saturated heterocycles. The molecule has 0 aliphatic carbocycles. The summed E-state index contributed by atoms with van der Waals surface area (Å²) in [5, 5.41) is 4.24. The number of halogens is 2. The quantitative estimate of drug-likeness (QED) is 0.260. The van der Waals surface area contributed by atoms with Crippen molar-refractivity contribution < 1.29 is 22.8 Å². The van der Waals surface area contributed by atoms with Crippen molar-refractivity contribution in [1.29, 1.82) is 0 Å². The average Bonchev–Trinajstić information content (AvgIpc) is 3.42. The first kappa shape index (κ1) is 27.5. The number of carbonyl (C=O) groups excluding carboxylic acids is 3. The summed E-state index contributed by atoms with van der Waals surface area (Å²) in [6.45, 7) is 0.124. The van der Waals surface area contributed by atoms with Gasteiger partial charge in [-0.3, -0.25) is 19.7 Å². The number of hydrogen-bond donors (Lipinski definition) is 2. The van der Waals surface area contributed by atoms with Crippen molar-refractivity contribution in [3.63, 3.8) is 0 Å². The van der Waals surface area contributed by atoms with E-state index in [2.05, 4.69) is 10.0 Å². The number of fused-ring (bicyclic) bond motifs is 2. The summed E-state index contributed by atoms with van der Waals surface area (Å²) in [4.78, 5) is 39.4. The summed E-state index contributed by atoms with van der Waals surface area (Å²) in [6, 6.07) is 22.7. The molecule has 0 bridgehead atoms. The molecule has 0 saturated carbocycles. The molecular formula is C29H19Cl2N3O5S2. The molecule has 0 aromatic heterocycles. The lowest BCUT2D eigenvalue weighted by Gasteiger charge is -2.18. The molecule has 2 aliphatic rings. The van der Waals surface area contributed by atoms with E-state index in [0.717, 1.165) is 16.3 Å². The maximum Gasteiger partial charge on any atom is 0.290 e. The van der Waals surface area contributed by atoms with Gasteiger partial charge in [0, 0.05) is 12.1 Å². The van der Waals surface area contributed by atoms with Gasteiger partial charge in [0.25, 0.3) is 17.1 Å². The minimum Gasteiger partial charge on any atom is -0.303 e. The molecule has 1 fully saturated rings. The second kappa shape index (κ2) is 10.6. The Morgan fingerprint density at radius 3 is 2.32 bits per heavy atom. The van der Waals surface area contributed by atoms with Gasteiger partial charge in [-0.2, -0.15) is 0 Å². The molecule has 0 unspecified atom stereocenters. The van der Waals surface area contributed by atoms with Crippen LogP contribution in [0.5, 0.6) is 0 Å². The van der Waals surface area contributed by atoms with Gasteiger partial charge < -0.3 is 4.90 Å². The molecule has 4 aromatic rings. The summed E-state index contributed by atoms with van der Waals surface area (Å²) < 4.78 is 29.3. The molecule has 2 aliphatic heterocycles. The maximum absolute atomic E-state index is 13.7. The van der Waals surface area contributed by atoms with Crippen molar-refractivity contribution in [3.05, 3.63) is 111 Å². The van der Waals surface area contributed by atoms with Gasteiger partial charge in [0.2, 0.25) is 10.0 Å². The number of hydrogen-bond acceptors (Lipinski definition) is 6. The van der Waals surface area contributed by atoms with Crippen LogP contribution in [-0.2, 0) is 32.7 Å². The van der Waals surface area contributed by atoms with E-state index < -0.39 is 27.1 Å². The van der Waals surface area contributed by atoms with Crippen LogP contribution < -0.4 is 14.9 Å². The standard InChI is InChI=1S/C29H19Cl2N3O5S2/c30-22-9-6-17(12-23(22)31)15-34-24-10-8-20(13-21(24)25(28(34)36)26-27(35)33-29(37)40-26)41(38,39)32-14-16-5-7-18-3-1-2-4-19(18)11-16/h1-13,32H,14-15H2,(H,33,35,37). The Labute approximate surface area is 249 Å². The lowest BCUT2D eigenvalue weighted by Crippen LogP contribution is -2.26. The van der Waals surface area contributed by atoms with Crippen LogP contribution in [0.4, 0.5) is 10.5 Å². The van der Waals surface area contributed by atoms with Crippen LogP contribution >= 0.6 is 35.0 Å². The summed E-state index contributed by atoms with van der Waals surface area (Å²) in [5.41, 5.74) is 2.02. The lowest BCUT2D eigenvalue weighted by atomic mass is 10.1. The second-order valence-electron chi connectivity index (χ2n) is 9.37. The van der Waals surface area contributed by atoms with Crippen LogP contribution in [0.15, 0.2) is 88.7 Å². The van der Waals surface area contributed by atoms with E-state index in [-0.39, 0.29) is 34.0 Å². The molecule has 0 radical (unpaired) electrons. The number of rotatable bonds is 6. The molecule has 0 spiro atoms. The summed E-state index contributed by atoms with van der Waals surface area (Å²) in [6.07, 6.45) is 0. The third kappa shape index (κ3) is 5.25. The number of benzene rings is 4. The maximum atomic E-state index is 13.7. The van der Waals surface area contributed by atoms with Crippen LogP contribution in [0.25, 0.3) is 16.3 Å². The number of nitrogens with one attached hydrogen (secondary N) is 2. The number of nitrogens with zero attached hydrogens (tertiary/aromatic N) is 1.